The SMILES string of the molecule is C=CCN(CCOc1ccc(C(C)(C)C)cc1)C(C)=O. The van der Waals surface area contributed by atoms with Crippen LogP contribution in [0.2, 0.25) is 0 Å². The number of hydrogen-bond acceptors (Lipinski definition) is 2. The van der Waals surface area contributed by atoms with Gasteiger partial charge in [-0.3, -0.25) is 4.79 Å². The van der Waals surface area contributed by atoms with E-state index in [9.17, 15) is 4.79 Å². The van der Waals surface area contributed by atoms with E-state index in [2.05, 4.69) is 39.5 Å². The summed E-state index contributed by atoms with van der Waals surface area (Å²) < 4.78 is 5.67. The molecule has 0 fully saturated rings. The van der Waals surface area contributed by atoms with Crippen LogP contribution in [-0.2, 0) is 10.2 Å². The van der Waals surface area contributed by atoms with Crippen molar-refractivity contribution in [3.8, 4) is 5.75 Å². The minimum Gasteiger partial charge on any atom is -0.492 e. The molecule has 1 amide bonds. The second kappa shape index (κ2) is 7.13. The van der Waals surface area contributed by atoms with Crippen LogP contribution in [0.4, 0.5) is 0 Å². The summed E-state index contributed by atoms with van der Waals surface area (Å²) in [6.45, 7) is 13.4. The van der Waals surface area contributed by atoms with Crippen LogP contribution in [0.15, 0.2) is 36.9 Å². The van der Waals surface area contributed by atoms with Crippen LogP contribution in [0.5, 0.6) is 5.75 Å². The second-order valence-electron chi connectivity index (χ2n) is 5.88. The zero-order valence-corrected chi connectivity index (χ0v) is 13.0. The summed E-state index contributed by atoms with van der Waals surface area (Å²) in [5, 5.41) is 0. The standard InChI is InChI=1S/C17H25NO2/c1-6-11-18(14(2)19)12-13-20-16-9-7-15(8-10-16)17(3,4)5/h6-10H,1,11-13H2,2-5H3. The molecule has 0 heterocycles. The molecule has 0 aromatic heterocycles. The lowest BCUT2D eigenvalue weighted by Gasteiger charge is -2.20. The molecule has 0 spiro atoms. The van der Waals surface area contributed by atoms with E-state index >= 15 is 0 Å². The Kier molecular flexibility index (Phi) is 5.81. The zero-order chi connectivity index (χ0) is 15.2. The Morgan fingerprint density at radius 1 is 1.30 bits per heavy atom. The van der Waals surface area contributed by atoms with Crippen molar-refractivity contribution in [2.45, 2.75) is 33.1 Å². The van der Waals surface area contributed by atoms with Gasteiger partial charge in [0, 0.05) is 13.5 Å². The highest BCUT2D eigenvalue weighted by Crippen LogP contribution is 2.24. The predicted molar refractivity (Wildman–Crippen MR) is 83.1 cm³/mol. The molecule has 0 saturated carbocycles. The van der Waals surface area contributed by atoms with Gasteiger partial charge in [-0.1, -0.05) is 39.0 Å². The molecule has 1 aromatic carbocycles. The van der Waals surface area contributed by atoms with Gasteiger partial charge in [-0.2, -0.15) is 0 Å². The normalized spacial score (nSPS) is 11.0. The first-order valence-corrected chi connectivity index (χ1v) is 6.94. The largest absolute Gasteiger partial charge is 0.492 e. The van der Waals surface area contributed by atoms with Crippen molar-refractivity contribution in [2.24, 2.45) is 0 Å². The van der Waals surface area contributed by atoms with Crippen molar-refractivity contribution in [3.63, 3.8) is 0 Å². The lowest BCUT2D eigenvalue weighted by molar-refractivity contribution is -0.128. The minimum atomic E-state index is 0.0385. The van der Waals surface area contributed by atoms with E-state index in [1.165, 1.54) is 5.56 Å². The van der Waals surface area contributed by atoms with Gasteiger partial charge in [-0.15, -0.1) is 6.58 Å². The Morgan fingerprint density at radius 2 is 1.90 bits per heavy atom. The number of rotatable bonds is 6. The predicted octanol–water partition coefficient (Wildman–Crippen LogP) is 3.40. The van der Waals surface area contributed by atoms with Crippen LogP contribution in [0.1, 0.15) is 33.3 Å². The molecule has 0 unspecified atom stereocenters. The molecule has 20 heavy (non-hydrogen) atoms. The van der Waals surface area contributed by atoms with Crippen molar-refractivity contribution in [2.75, 3.05) is 19.7 Å². The smallest absolute Gasteiger partial charge is 0.219 e. The topological polar surface area (TPSA) is 29.5 Å². The first-order valence-electron chi connectivity index (χ1n) is 6.94. The molecule has 3 nitrogen and oxygen atoms in total. The number of benzene rings is 1. The van der Waals surface area contributed by atoms with E-state index in [1.54, 1.807) is 17.9 Å². The van der Waals surface area contributed by atoms with Gasteiger partial charge in [-0.05, 0) is 23.1 Å². The van der Waals surface area contributed by atoms with E-state index in [0.29, 0.717) is 19.7 Å². The van der Waals surface area contributed by atoms with E-state index in [4.69, 9.17) is 4.74 Å². The van der Waals surface area contributed by atoms with Gasteiger partial charge in [0.15, 0.2) is 0 Å². The van der Waals surface area contributed by atoms with Gasteiger partial charge in [0.05, 0.1) is 6.54 Å². The fourth-order valence-electron chi connectivity index (χ4n) is 1.86. The molecule has 0 atom stereocenters. The molecule has 0 bridgehead atoms. The Balaban J connectivity index is 2.50. The van der Waals surface area contributed by atoms with Crippen molar-refractivity contribution >= 4 is 5.91 Å². The van der Waals surface area contributed by atoms with Crippen LogP contribution in [0, 0.1) is 0 Å². The number of nitrogens with zero attached hydrogens (tertiary/aromatic N) is 1. The van der Waals surface area contributed by atoms with Gasteiger partial charge < -0.3 is 9.64 Å². The number of hydrogen-bond donors (Lipinski definition) is 0. The van der Waals surface area contributed by atoms with Crippen LogP contribution in [0.25, 0.3) is 0 Å². The highest BCUT2D eigenvalue weighted by Gasteiger charge is 2.13. The lowest BCUT2D eigenvalue weighted by atomic mass is 9.87. The summed E-state index contributed by atoms with van der Waals surface area (Å²) in [6, 6.07) is 8.13. The highest BCUT2D eigenvalue weighted by molar-refractivity contribution is 5.73. The molecule has 3 heteroatoms. The number of amides is 1. The van der Waals surface area contributed by atoms with Crippen molar-refractivity contribution < 1.29 is 9.53 Å². The summed E-state index contributed by atoms with van der Waals surface area (Å²) in [4.78, 5) is 13.1. The Bertz CT molecular complexity index is 443. The van der Waals surface area contributed by atoms with Gasteiger partial charge in [0.1, 0.15) is 12.4 Å². The molecule has 0 N–H and O–H groups in total. The summed E-state index contributed by atoms with van der Waals surface area (Å²) >= 11 is 0. The molecular weight excluding hydrogens is 250 g/mol. The molecule has 0 saturated heterocycles. The molecule has 1 rings (SSSR count). The van der Waals surface area contributed by atoms with Gasteiger partial charge in [-0.25, -0.2) is 0 Å². The second-order valence-corrected chi connectivity index (χ2v) is 5.88. The monoisotopic (exact) mass is 275 g/mol. The van der Waals surface area contributed by atoms with Crippen molar-refractivity contribution in [1.29, 1.82) is 0 Å². The van der Waals surface area contributed by atoms with Crippen molar-refractivity contribution in [3.05, 3.63) is 42.5 Å². The maximum atomic E-state index is 11.4. The number of ether oxygens (including phenoxy) is 1. The lowest BCUT2D eigenvalue weighted by Crippen LogP contribution is -2.32. The average molecular weight is 275 g/mol. The molecule has 0 aliphatic heterocycles. The van der Waals surface area contributed by atoms with E-state index in [0.717, 1.165) is 5.75 Å². The Hall–Kier alpha value is -1.77. The third-order valence-electron chi connectivity index (χ3n) is 3.15. The van der Waals surface area contributed by atoms with E-state index in [-0.39, 0.29) is 11.3 Å². The summed E-state index contributed by atoms with van der Waals surface area (Å²) in [5.74, 6) is 0.872. The van der Waals surface area contributed by atoms with Gasteiger partial charge in [0.25, 0.3) is 0 Å². The third-order valence-corrected chi connectivity index (χ3v) is 3.15. The molecule has 110 valence electrons. The highest BCUT2D eigenvalue weighted by atomic mass is 16.5. The van der Waals surface area contributed by atoms with Crippen LogP contribution in [-0.4, -0.2) is 30.5 Å². The molecule has 0 aliphatic carbocycles. The fourth-order valence-corrected chi connectivity index (χ4v) is 1.86. The Labute approximate surface area is 122 Å². The quantitative estimate of drug-likeness (QED) is 0.745. The molecule has 0 radical (unpaired) electrons. The van der Waals surface area contributed by atoms with Gasteiger partial charge >= 0.3 is 0 Å². The fraction of sp³-hybridized carbons (Fsp3) is 0.471. The van der Waals surface area contributed by atoms with Crippen molar-refractivity contribution in [1.82, 2.24) is 4.90 Å². The first kappa shape index (κ1) is 16.3. The van der Waals surface area contributed by atoms with E-state index in [1.807, 2.05) is 12.1 Å². The summed E-state index contributed by atoms with van der Waals surface area (Å²) in [5.41, 5.74) is 1.43. The number of carbonyl (C=O) groups is 1. The summed E-state index contributed by atoms with van der Waals surface area (Å²) in [7, 11) is 0. The van der Waals surface area contributed by atoms with Gasteiger partial charge in [0.2, 0.25) is 5.91 Å². The van der Waals surface area contributed by atoms with Crippen LogP contribution >= 0.6 is 0 Å². The first-order chi connectivity index (χ1) is 9.34. The van der Waals surface area contributed by atoms with Crippen LogP contribution in [0.3, 0.4) is 0 Å². The summed E-state index contributed by atoms with van der Waals surface area (Å²) in [6.07, 6.45) is 1.72. The average Bonchev–Trinajstić information content (AvgIpc) is 2.37. The van der Waals surface area contributed by atoms with Crippen LogP contribution < -0.4 is 4.74 Å². The molecule has 1 aromatic rings. The third kappa shape index (κ3) is 5.08. The van der Waals surface area contributed by atoms with E-state index < -0.39 is 0 Å². The molecule has 0 aliphatic rings. The minimum absolute atomic E-state index is 0.0385. The number of carbonyl (C=O) groups excluding carboxylic acids is 1. The Morgan fingerprint density at radius 3 is 2.35 bits per heavy atom. The maximum Gasteiger partial charge on any atom is 0.219 e. The maximum absolute atomic E-state index is 11.4. The molecular formula is C17H25NO2. The zero-order valence-electron chi connectivity index (χ0n) is 13.0.